The van der Waals surface area contributed by atoms with Crippen LogP contribution in [0.1, 0.15) is 38.2 Å². The molecule has 1 aromatic rings. The number of benzene rings is 1. The SMILES string of the molecule is CC1=NC2(CCC(NS(=O)(=O)c3ccc(C(F)(F)F)cc3)CC2)C(=O)N1. The molecular weight excluding hydrogens is 371 g/mol. The molecule has 0 atom stereocenters. The number of rotatable bonds is 3. The van der Waals surface area contributed by atoms with Crippen LogP contribution in [0.4, 0.5) is 13.2 Å². The van der Waals surface area contributed by atoms with E-state index in [0.29, 0.717) is 31.5 Å². The fourth-order valence-electron chi connectivity index (χ4n) is 3.34. The Labute approximate surface area is 148 Å². The van der Waals surface area contributed by atoms with Crippen molar-refractivity contribution < 1.29 is 26.4 Å². The van der Waals surface area contributed by atoms with E-state index in [4.69, 9.17) is 0 Å². The molecule has 1 fully saturated rings. The molecule has 0 bridgehead atoms. The van der Waals surface area contributed by atoms with Crippen molar-refractivity contribution in [3.8, 4) is 0 Å². The summed E-state index contributed by atoms with van der Waals surface area (Å²) in [5, 5.41) is 2.66. The molecule has 0 saturated heterocycles. The van der Waals surface area contributed by atoms with E-state index in [-0.39, 0.29) is 10.8 Å². The van der Waals surface area contributed by atoms with Crippen molar-refractivity contribution in [1.29, 1.82) is 0 Å². The van der Waals surface area contributed by atoms with Gasteiger partial charge in [0, 0.05) is 6.04 Å². The molecule has 3 rings (SSSR count). The number of aliphatic imine (C=N–C) groups is 1. The van der Waals surface area contributed by atoms with Crippen LogP contribution in [0.5, 0.6) is 0 Å². The van der Waals surface area contributed by atoms with Crippen LogP contribution in [-0.2, 0) is 21.0 Å². The fourth-order valence-corrected chi connectivity index (χ4v) is 4.65. The van der Waals surface area contributed by atoms with Gasteiger partial charge in [-0.05, 0) is 56.9 Å². The second-order valence-corrected chi connectivity index (χ2v) is 8.31. The van der Waals surface area contributed by atoms with Crippen molar-refractivity contribution in [3.63, 3.8) is 0 Å². The molecule has 1 amide bonds. The number of hydrogen-bond acceptors (Lipinski definition) is 4. The Kier molecular flexibility index (Phi) is 4.60. The van der Waals surface area contributed by atoms with E-state index in [1.54, 1.807) is 6.92 Å². The van der Waals surface area contributed by atoms with Crippen molar-refractivity contribution in [1.82, 2.24) is 10.0 Å². The smallest absolute Gasteiger partial charge is 0.313 e. The zero-order valence-corrected chi connectivity index (χ0v) is 14.7. The number of alkyl halides is 3. The lowest BCUT2D eigenvalue weighted by molar-refractivity contribution is -0.137. The van der Waals surface area contributed by atoms with Crippen LogP contribution in [0, 0.1) is 0 Å². The summed E-state index contributed by atoms with van der Waals surface area (Å²) < 4.78 is 65.0. The summed E-state index contributed by atoms with van der Waals surface area (Å²) in [7, 11) is -3.94. The molecule has 1 heterocycles. The predicted molar refractivity (Wildman–Crippen MR) is 88.0 cm³/mol. The first-order valence-corrected chi connectivity index (χ1v) is 9.58. The summed E-state index contributed by atoms with van der Waals surface area (Å²) in [6.45, 7) is 1.70. The monoisotopic (exact) mass is 389 g/mol. The third-order valence-electron chi connectivity index (χ3n) is 4.73. The van der Waals surface area contributed by atoms with Gasteiger partial charge in [0.15, 0.2) is 0 Å². The van der Waals surface area contributed by atoms with Crippen molar-refractivity contribution in [2.75, 3.05) is 0 Å². The molecule has 1 spiro atoms. The molecule has 1 aliphatic carbocycles. The van der Waals surface area contributed by atoms with Gasteiger partial charge in [-0.1, -0.05) is 0 Å². The highest BCUT2D eigenvalue weighted by Crippen LogP contribution is 2.35. The Balaban J connectivity index is 1.67. The zero-order chi connectivity index (χ0) is 19.2. The molecule has 0 unspecified atom stereocenters. The van der Waals surface area contributed by atoms with Crippen molar-refractivity contribution in [2.24, 2.45) is 4.99 Å². The third kappa shape index (κ3) is 3.61. The molecular formula is C16H18F3N3O3S. The van der Waals surface area contributed by atoms with Crippen molar-refractivity contribution >= 4 is 21.8 Å². The number of nitrogens with zero attached hydrogens (tertiary/aromatic N) is 1. The number of carbonyl (C=O) groups excluding carboxylic acids is 1. The van der Waals surface area contributed by atoms with Crippen LogP contribution in [-0.4, -0.2) is 31.7 Å². The molecule has 0 radical (unpaired) electrons. The quantitative estimate of drug-likeness (QED) is 0.831. The lowest BCUT2D eigenvalue weighted by Gasteiger charge is -2.33. The number of halogens is 3. The van der Waals surface area contributed by atoms with Crippen LogP contribution in [0.3, 0.4) is 0 Å². The Hall–Kier alpha value is -1.94. The maximum Gasteiger partial charge on any atom is 0.416 e. The molecule has 2 aliphatic rings. The highest BCUT2D eigenvalue weighted by molar-refractivity contribution is 7.89. The Morgan fingerprint density at radius 1 is 1.19 bits per heavy atom. The number of sulfonamides is 1. The van der Waals surface area contributed by atoms with E-state index in [0.717, 1.165) is 24.3 Å². The summed E-state index contributed by atoms with van der Waals surface area (Å²) in [6.07, 6.45) is -2.85. The number of hydrogen-bond donors (Lipinski definition) is 2. The van der Waals surface area contributed by atoms with Crippen molar-refractivity contribution in [3.05, 3.63) is 29.8 Å². The highest BCUT2D eigenvalue weighted by atomic mass is 32.2. The number of nitrogens with one attached hydrogen (secondary N) is 2. The second kappa shape index (κ2) is 6.34. The van der Waals surface area contributed by atoms with Crippen LogP contribution in [0.2, 0.25) is 0 Å². The summed E-state index contributed by atoms with van der Waals surface area (Å²) in [4.78, 5) is 16.2. The number of carbonyl (C=O) groups is 1. The van der Waals surface area contributed by atoms with Crippen LogP contribution < -0.4 is 10.0 Å². The van der Waals surface area contributed by atoms with Gasteiger partial charge >= 0.3 is 6.18 Å². The van der Waals surface area contributed by atoms with Crippen LogP contribution in [0.15, 0.2) is 34.2 Å². The van der Waals surface area contributed by atoms with E-state index in [9.17, 15) is 26.4 Å². The highest BCUT2D eigenvalue weighted by Gasteiger charge is 2.45. The van der Waals surface area contributed by atoms with Crippen LogP contribution >= 0.6 is 0 Å². The number of amides is 1. The van der Waals surface area contributed by atoms with Crippen molar-refractivity contribution in [2.45, 2.75) is 55.3 Å². The zero-order valence-electron chi connectivity index (χ0n) is 13.9. The summed E-state index contributed by atoms with van der Waals surface area (Å²) in [6, 6.07) is 2.97. The first-order chi connectivity index (χ1) is 12.0. The topological polar surface area (TPSA) is 87.6 Å². The average molecular weight is 389 g/mol. The van der Waals surface area contributed by atoms with Gasteiger partial charge in [-0.2, -0.15) is 13.2 Å². The summed E-state index contributed by atoms with van der Waals surface area (Å²) in [5.74, 6) is 0.387. The molecule has 2 N–H and O–H groups in total. The number of amidine groups is 1. The molecule has 1 aliphatic heterocycles. The van der Waals surface area contributed by atoms with E-state index in [1.165, 1.54) is 0 Å². The molecule has 0 aromatic heterocycles. The van der Waals surface area contributed by atoms with Gasteiger partial charge in [0.1, 0.15) is 11.4 Å². The van der Waals surface area contributed by atoms with Gasteiger partial charge in [-0.15, -0.1) is 0 Å². The van der Waals surface area contributed by atoms with Gasteiger partial charge in [0.2, 0.25) is 10.0 Å². The maximum atomic E-state index is 12.6. The fraction of sp³-hybridized carbons (Fsp3) is 0.500. The minimum atomic E-state index is -4.52. The molecule has 1 saturated carbocycles. The summed E-state index contributed by atoms with van der Waals surface area (Å²) in [5.41, 5.74) is -1.73. The van der Waals surface area contributed by atoms with Gasteiger partial charge in [0.25, 0.3) is 5.91 Å². The molecule has 1 aromatic carbocycles. The lowest BCUT2D eigenvalue weighted by Crippen LogP contribution is -2.47. The molecule has 10 heteroatoms. The molecule has 6 nitrogen and oxygen atoms in total. The standard InChI is InChI=1S/C16H18F3N3O3S/c1-10-20-14(23)15(21-10)8-6-12(7-9-15)22-26(24,25)13-4-2-11(3-5-13)16(17,18)19/h2-5,12,22H,6-9H2,1H3,(H,20,21,23). The van der Waals surface area contributed by atoms with E-state index < -0.39 is 33.3 Å². The lowest BCUT2D eigenvalue weighted by atomic mass is 9.80. The Morgan fingerprint density at radius 3 is 2.23 bits per heavy atom. The predicted octanol–water partition coefficient (Wildman–Crippen LogP) is 2.21. The van der Waals surface area contributed by atoms with E-state index in [2.05, 4.69) is 15.0 Å². The Bertz CT molecular complexity index is 840. The summed E-state index contributed by atoms with van der Waals surface area (Å²) >= 11 is 0. The van der Waals surface area contributed by atoms with Gasteiger partial charge in [-0.25, -0.2) is 13.1 Å². The minimum absolute atomic E-state index is 0.168. The second-order valence-electron chi connectivity index (χ2n) is 6.60. The van der Waals surface area contributed by atoms with Crippen LogP contribution in [0.25, 0.3) is 0 Å². The minimum Gasteiger partial charge on any atom is -0.313 e. The van der Waals surface area contributed by atoms with Gasteiger partial charge in [0.05, 0.1) is 10.5 Å². The first-order valence-electron chi connectivity index (χ1n) is 8.09. The van der Waals surface area contributed by atoms with E-state index in [1.807, 2.05) is 0 Å². The normalized spacial score (nSPS) is 26.7. The molecule has 26 heavy (non-hydrogen) atoms. The first kappa shape index (κ1) is 18.8. The molecule has 142 valence electrons. The third-order valence-corrected chi connectivity index (χ3v) is 6.26. The Morgan fingerprint density at radius 2 is 1.77 bits per heavy atom. The van der Waals surface area contributed by atoms with Gasteiger partial charge in [-0.3, -0.25) is 9.79 Å². The average Bonchev–Trinajstić information content (AvgIpc) is 2.82. The largest absolute Gasteiger partial charge is 0.416 e. The van der Waals surface area contributed by atoms with E-state index >= 15 is 0 Å². The van der Waals surface area contributed by atoms with Gasteiger partial charge < -0.3 is 5.32 Å². The maximum absolute atomic E-state index is 12.6.